The van der Waals surface area contributed by atoms with Crippen LogP contribution in [-0.2, 0) is 4.79 Å². The molecule has 0 heterocycles. The van der Waals surface area contributed by atoms with Gasteiger partial charge in [0.25, 0.3) is 0 Å². The summed E-state index contributed by atoms with van der Waals surface area (Å²) in [5.74, 6) is 0.451. The maximum atomic E-state index is 11.5. The molecule has 2 atom stereocenters. The van der Waals surface area contributed by atoms with Gasteiger partial charge in [-0.3, -0.25) is 4.79 Å². The second-order valence-electron chi connectivity index (χ2n) is 5.37. The van der Waals surface area contributed by atoms with Crippen LogP contribution in [0.2, 0.25) is 0 Å². The van der Waals surface area contributed by atoms with Crippen molar-refractivity contribution in [3.63, 3.8) is 0 Å². The highest BCUT2D eigenvalue weighted by Gasteiger charge is 2.64. The van der Waals surface area contributed by atoms with E-state index in [2.05, 4.69) is 0 Å². The van der Waals surface area contributed by atoms with Gasteiger partial charge in [0.2, 0.25) is 0 Å². The molecule has 0 bridgehead atoms. The summed E-state index contributed by atoms with van der Waals surface area (Å²) < 4.78 is 0. The van der Waals surface area contributed by atoms with Crippen molar-refractivity contribution in [2.24, 2.45) is 10.8 Å². The molecule has 0 spiro atoms. The fourth-order valence-corrected chi connectivity index (χ4v) is 4.42. The molecule has 2 nitrogen and oxygen atoms in total. The Morgan fingerprint density at radius 1 is 1.15 bits per heavy atom. The van der Waals surface area contributed by atoms with Crippen molar-refractivity contribution in [3.05, 3.63) is 0 Å². The summed E-state index contributed by atoms with van der Waals surface area (Å²) >= 11 is 0. The molecular weight excluding hydrogens is 164 g/mol. The molecule has 0 radical (unpaired) electrons. The lowest BCUT2D eigenvalue weighted by Crippen LogP contribution is -2.25. The van der Waals surface area contributed by atoms with E-state index in [4.69, 9.17) is 0 Å². The molecule has 3 saturated carbocycles. The SMILES string of the molecule is O=C1CC23CCCC2(C1)CC(O)C3. The summed E-state index contributed by atoms with van der Waals surface area (Å²) in [6.07, 6.45) is 6.88. The van der Waals surface area contributed by atoms with Crippen LogP contribution in [0.4, 0.5) is 0 Å². The zero-order valence-electron chi connectivity index (χ0n) is 7.88. The second-order valence-corrected chi connectivity index (χ2v) is 5.37. The van der Waals surface area contributed by atoms with Crippen LogP contribution in [0.5, 0.6) is 0 Å². The van der Waals surface area contributed by atoms with E-state index >= 15 is 0 Å². The van der Waals surface area contributed by atoms with Gasteiger partial charge in [-0.15, -0.1) is 0 Å². The number of hydrogen-bond acceptors (Lipinski definition) is 2. The highest BCUT2D eigenvalue weighted by Crippen LogP contribution is 2.69. The van der Waals surface area contributed by atoms with E-state index in [-0.39, 0.29) is 16.9 Å². The zero-order valence-corrected chi connectivity index (χ0v) is 7.88. The molecule has 3 rings (SSSR count). The Morgan fingerprint density at radius 3 is 2.23 bits per heavy atom. The van der Waals surface area contributed by atoms with Gasteiger partial charge >= 0.3 is 0 Å². The van der Waals surface area contributed by atoms with Crippen LogP contribution in [0.15, 0.2) is 0 Å². The summed E-state index contributed by atoms with van der Waals surface area (Å²) in [7, 11) is 0. The summed E-state index contributed by atoms with van der Waals surface area (Å²) in [5, 5.41) is 9.71. The van der Waals surface area contributed by atoms with Crippen molar-refractivity contribution in [3.8, 4) is 0 Å². The van der Waals surface area contributed by atoms with Crippen LogP contribution >= 0.6 is 0 Å². The quantitative estimate of drug-likeness (QED) is 0.615. The van der Waals surface area contributed by atoms with Crippen molar-refractivity contribution in [2.75, 3.05) is 0 Å². The molecule has 0 aromatic heterocycles. The third-order valence-corrected chi connectivity index (χ3v) is 4.76. The van der Waals surface area contributed by atoms with Gasteiger partial charge < -0.3 is 5.11 Å². The Morgan fingerprint density at radius 2 is 1.69 bits per heavy atom. The summed E-state index contributed by atoms with van der Waals surface area (Å²) in [6, 6.07) is 0. The molecule has 13 heavy (non-hydrogen) atoms. The lowest BCUT2D eigenvalue weighted by molar-refractivity contribution is -0.118. The molecule has 0 saturated heterocycles. The molecule has 0 aliphatic heterocycles. The van der Waals surface area contributed by atoms with Crippen molar-refractivity contribution in [2.45, 2.75) is 51.0 Å². The first-order valence-corrected chi connectivity index (χ1v) is 5.36. The number of aliphatic hydroxyl groups is 1. The summed E-state index contributed by atoms with van der Waals surface area (Å²) in [6.45, 7) is 0. The Hall–Kier alpha value is -0.370. The number of rotatable bonds is 0. The van der Waals surface area contributed by atoms with Crippen LogP contribution in [0.3, 0.4) is 0 Å². The number of hydrogen-bond donors (Lipinski definition) is 1. The normalized spacial score (nSPS) is 53.9. The highest BCUT2D eigenvalue weighted by molar-refractivity contribution is 5.83. The third kappa shape index (κ3) is 0.804. The van der Waals surface area contributed by atoms with Gasteiger partial charge in [-0.2, -0.15) is 0 Å². The van der Waals surface area contributed by atoms with Gasteiger partial charge in [0, 0.05) is 12.8 Å². The average molecular weight is 180 g/mol. The van der Waals surface area contributed by atoms with Gasteiger partial charge in [-0.25, -0.2) is 0 Å². The summed E-state index contributed by atoms with van der Waals surface area (Å²) in [5.41, 5.74) is 0.479. The monoisotopic (exact) mass is 180 g/mol. The first kappa shape index (κ1) is 7.98. The predicted octanol–water partition coefficient (Wildman–Crippen LogP) is 1.66. The molecular formula is C11H16O2. The van der Waals surface area contributed by atoms with Crippen molar-refractivity contribution < 1.29 is 9.90 Å². The van der Waals surface area contributed by atoms with Gasteiger partial charge in [-0.05, 0) is 36.5 Å². The largest absolute Gasteiger partial charge is 0.393 e. The van der Waals surface area contributed by atoms with Crippen molar-refractivity contribution >= 4 is 5.78 Å². The lowest BCUT2D eigenvalue weighted by atomic mass is 9.71. The topological polar surface area (TPSA) is 37.3 Å². The van der Waals surface area contributed by atoms with E-state index in [0.29, 0.717) is 5.78 Å². The predicted molar refractivity (Wildman–Crippen MR) is 48.2 cm³/mol. The minimum absolute atomic E-state index is 0.117. The fraction of sp³-hybridized carbons (Fsp3) is 0.909. The van der Waals surface area contributed by atoms with Crippen LogP contribution in [0, 0.1) is 10.8 Å². The minimum atomic E-state index is -0.117. The number of ketones is 1. The standard InChI is InChI=1S/C11H16O2/c12-8-4-10-2-1-3-11(10,6-8)7-9(13)5-10/h8,12H,1-7H2. The molecule has 3 fully saturated rings. The molecule has 3 aliphatic carbocycles. The molecule has 72 valence electrons. The van der Waals surface area contributed by atoms with E-state index in [9.17, 15) is 9.90 Å². The van der Waals surface area contributed by atoms with Gasteiger partial charge in [-0.1, -0.05) is 6.42 Å². The minimum Gasteiger partial charge on any atom is -0.393 e. The Kier molecular flexibility index (Phi) is 1.33. The molecule has 1 N–H and O–H groups in total. The van der Waals surface area contributed by atoms with E-state index in [1.165, 1.54) is 19.3 Å². The van der Waals surface area contributed by atoms with Gasteiger partial charge in [0.1, 0.15) is 5.78 Å². The number of Topliss-reactive ketones (excluding diaryl/α,β-unsaturated/α-hetero) is 1. The molecule has 3 aliphatic rings. The van der Waals surface area contributed by atoms with Crippen LogP contribution in [0.25, 0.3) is 0 Å². The van der Waals surface area contributed by atoms with Crippen LogP contribution < -0.4 is 0 Å². The van der Waals surface area contributed by atoms with Crippen molar-refractivity contribution in [1.29, 1.82) is 0 Å². The lowest BCUT2D eigenvalue weighted by Gasteiger charge is -2.32. The highest BCUT2D eigenvalue weighted by atomic mass is 16.3. The first-order valence-electron chi connectivity index (χ1n) is 5.36. The van der Waals surface area contributed by atoms with Gasteiger partial charge in [0.15, 0.2) is 0 Å². The fourth-order valence-electron chi connectivity index (χ4n) is 4.42. The van der Waals surface area contributed by atoms with Crippen LogP contribution in [0.1, 0.15) is 44.9 Å². The smallest absolute Gasteiger partial charge is 0.134 e. The molecule has 0 aromatic carbocycles. The van der Waals surface area contributed by atoms with Gasteiger partial charge in [0.05, 0.1) is 6.10 Å². The van der Waals surface area contributed by atoms with Crippen molar-refractivity contribution in [1.82, 2.24) is 0 Å². The molecule has 0 amide bonds. The van der Waals surface area contributed by atoms with E-state index < -0.39 is 0 Å². The van der Waals surface area contributed by atoms with E-state index in [1.807, 2.05) is 0 Å². The maximum absolute atomic E-state index is 11.5. The molecule has 0 aromatic rings. The third-order valence-electron chi connectivity index (χ3n) is 4.76. The summed E-state index contributed by atoms with van der Waals surface area (Å²) in [4.78, 5) is 11.5. The van der Waals surface area contributed by atoms with Crippen LogP contribution in [-0.4, -0.2) is 17.0 Å². The number of carbonyl (C=O) groups excluding carboxylic acids is 1. The number of aliphatic hydroxyl groups excluding tert-OH is 1. The molecule has 2 unspecified atom stereocenters. The Bertz CT molecular complexity index is 249. The first-order chi connectivity index (χ1) is 6.16. The average Bonchev–Trinajstić information content (AvgIpc) is 2.42. The van der Waals surface area contributed by atoms with E-state index in [1.54, 1.807) is 0 Å². The zero-order chi connectivity index (χ0) is 9.10. The Labute approximate surface area is 78.3 Å². The molecule has 2 heteroatoms. The number of carbonyl (C=O) groups is 1. The van der Waals surface area contributed by atoms with E-state index in [0.717, 1.165) is 25.7 Å². The second kappa shape index (κ2) is 2.17. The maximum Gasteiger partial charge on any atom is 0.134 e. The Balaban J connectivity index is 2.04.